The second-order valence-corrected chi connectivity index (χ2v) is 6.09. The first kappa shape index (κ1) is 15.6. The number of aliphatic imine (C=N–C) groups is 1. The Balaban J connectivity index is 1.67. The third kappa shape index (κ3) is 3.54. The van der Waals surface area contributed by atoms with Gasteiger partial charge in [0.05, 0.1) is 13.2 Å². The lowest BCUT2D eigenvalue weighted by molar-refractivity contribution is -0.122. The molecule has 0 aliphatic carbocycles. The summed E-state index contributed by atoms with van der Waals surface area (Å²) < 4.78 is 0. The Kier molecular flexibility index (Phi) is 4.63. The summed E-state index contributed by atoms with van der Waals surface area (Å²) in [5.74, 6) is -0.109. The fourth-order valence-electron chi connectivity index (χ4n) is 2.23. The SMILES string of the molecule is O=C(NC(CO)C(=O)NC1=NCCS1)c1cc2ccccc2[nH]1. The van der Waals surface area contributed by atoms with Crippen LogP contribution in [-0.2, 0) is 4.79 Å². The van der Waals surface area contributed by atoms with Crippen molar-refractivity contribution in [3.63, 3.8) is 0 Å². The molecule has 1 aromatic carbocycles. The number of rotatable bonds is 4. The first-order chi connectivity index (χ1) is 11.2. The molecule has 3 rings (SSSR count). The molecular weight excluding hydrogens is 316 g/mol. The number of amides is 2. The van der Waals surface area contributed by atoms with E-state index in [1.807, 2.05) is 24.3 Å². The third-order valence-corrected chi connectivity index (χ3v) is 4.29. The molecule has 2 aromatic rings. The van der Waals surface area contributed by atoms with Crippen molar-refractivity contribution in [3.8, 4) is 0 Å². The van der Waals surface area contributed by atoms with E-state index in [9.17, 15) is 14.7 Å². The van der Waals surface area contributed by atoms with Gasteiger partial charge in [-0.3, -0.25) is 14.6 Å². The molecule has 1 aliphatic rings. The summed E-state index contributed by atoms with van der Waals surface area (Å²) in [4.78, 5) is 31.4. The summed E-state index contributed by atoms with van der Waals surface area (Å²) in [6.07, 6.45) is 0. The van der Waals surface area contributed by atoms with Crippen molar-refractivity contribution in [1.29, 1.82) is 0 Å². The molecule has 0 radical (unpaired) electrons. The van der Waals surface area contributed by atoms with Gasteiger partial charge in [0.2, 0.25) is 0 Å². The highest BCUT2D eigenvalue weighted by Crippen LogP contribution is 2.14. The maximum Gasteiger partial charge on any atom is 0.268 e. The molecule has 0 fully saturated rings. The van der Waals surface area contributed by atoms with Crippen LogP contribution in [0.4, 0.5) is 0 Å². The van der Waals surface area contributed by atoms with Crippen molar-refractivity contribution < 1.29 is 14.7 Å². The number of hydrogen-bond donors (Lipinski definition) is 4. The van der Waals surface area contributed by atoms with E-state index in [0.717, 1.165) is 16.7 Å². The molecule has 0 saturated carbocycles. The normalized spacial score (nSPS) is 15.3. The monoisotopic (exact) mass is 332 g/mol. The highest BCUT2D eigenvalue weighted by Gasteiger charge is 2.23. The van der Waals surface area contributed by atoms with Gasteiger partial charge in [-0.2, -0.15) is 0 Å². The van der Waals surface area contributed by atoms with Crippen molar-refractivity contribution >= 4 is 39.6 Å². The number of benzene rings is 1. The van der Waals surface area contributed by atoms with Gasteiger partial charge in [-0.25, -0.2) is 0 Å². The second-order valence-electron chi connectivity index (χ2n) is 5.00. The third-order valence-electron chi connectivity index (χ3n) is 3.39. The van der Waals surface area contributed by atoms with Crippen LogP contribution in [0.1, 0.15) is 10.5 Å². The van der Waals surface area contributed by atoms with Gasteiger partial charge in [-0.1, -0.05) is 30.0 Å². The fraction of sp³-hybridized carbons (Fsp3) is 0.267. The van der Waals surface area contributed by atoms with Gasteiger partial charge in [0.15, 0.2) is 5.17 Å². The Labute approximate surface area is 136 Å². The van der Waals surface area contributed by atoms with Crippen LogP contribution in [0.3, 0.4) is 0 Å². The molecule has 8 heteroatoms. The molecule has 0 bridgehead atoms. The zero-order valence-corrected chi connectivity index (χ0v) is 13.0. The quantitative estimate of drug-likeness (QED) is 0.653. The van der Waals surface area contributed by atoms with Crippen LogP contribution >= 0.6 is 11.8 Å². The van der Waals surface area contributed by atoms with Crippen LogP contribution in [-0.4, -0.2) is 52.0 Å². The van der Waals surface area contributed by atoms with Crippen molar-refractivity contribution in [2.45, 2.75) is 6.04 Å². The van der Waals surface area contributed by atoms with E-state index < -0.39 is 24.5 Å². The van der Waals surface area contributed by atoms with Gasteiger partial charge in [0.1, 0.15) is 11.7 Å². The average Bonchev–Trinajstić information content (AvgIpc) is 3.20. The van der Waals surface area contributed by atoms with Crippen molar-refractivity contribution in [2.75, 3.05) is 18.9 Å². The minimum absolute atomic E-state index is 0.338. The molecule has 1 aromatic heterocycles. The van der Waals surface area contributed by atoms with Crippen LogP contribution in [0.5, 0.6) is 0 Å². The highest BCUT2D eigenvalue weighted by atomic mass is 32.2. The van der Waals surface area contributed by atoms with Crippen molar-refractivity contribution in [3.05, 3.63) is 36.0 Å². The Morgan fingerprint density at radius 3 is 2.91 bits per heavy atom. The first-order valence-corrected chi connectivity index (χ1v) is 8.13. The minimum atomic E-state index is -1.03. The molecule has 0 spiro atoms. The van der Waals surface area contributed by atoms with Gasteiger partial charge in [-0.05, 0) is 12.1 Å². The van der Waals surface area contributed by atoms with Gasteiger partial charge >= 0.3 is 0 Å². The Bertz CT molecular complexity index is 738. The number of amidine groups is 1. The van der Waals surface area contributed by atoms with E-state index in [1.165, 1.54) is 11.8 Å². The number of H-pyrrole nitrogens is 1. The molecule has 23 heavy (non-hydrogen) atoms. The molecule has 2 amide bonds. The number of carbonyl (C=O) groups is 2. The Hall–Kier alpha value is -2.32. The van der Waals surface area contributed by atoms with Crippen LogP contribution in [0, 0.1) is 0 Å². The lowest BCUT2D eigenvalue weighted by Crippen LogP contribution is -2.49. The maximum absolute atomic E-state index is 12.3. The molecule has 1 atom stereocenters. The summed E-state index contributed by atoms with van der Waals surface area (Å²) in [7, 11) is 0. The summed E-state index contributed by atoms with van der Waals surface area (Å²) in [6.45, 7) is 0.168. The molecule has 4 N–H and O–H groups in total. The number of nitrogens with zero attached hydrogens (tertiary/aromatic N) is 1. The summed E-state index contributed by atoms with van der Waals surface area (Å²) in [6, 6.07) is 8.16. The van der Waals surface area contributed by atoms with E-state index in [2.05, 4.69) is 20.6 Å². The summed E-state index contributed by atoms with van der Waals surface area (Å²) >= 11 is 1.43. The molecule has 2 heterocycles. The number of nitrogens with one attached hydrogen (secondary N) is 3. The van der Waals surface area contributed by atoms with E-state index in [1.54, 1.807) is 6.07 Å². The molecule has 0 saturated heterocycles. The van der Waals surface area contributed by atoms with E-state index in [-0.39, 0.29) is 0 Å². The number of thioether (sulfide) groups is 1. The second kappa shape index (κ2) is 6.84. The van der Waals surface area contributed by atoms with Crippen LogP contribution in [0.25, 0.3) is 10.9 Å². The lowest BCUT2D eigenvalue weighted by Gasteiger charge is -2.15. The predicted octanol–water partition coefficient (Wildman–Crippen LogP) is 0.478. The maximum atomic E-state index is 12.3. The zero-order chi connectivity index (χ0) is 16.2. The number of aromatic nitrogens is 1. The number of aromatic amines is 1. The van der Waals surface area contributed by atoms with E-state index in [0.29, 0.717) is 17.4 Å². The molecule has 7 nitrogen and oxygen atoms in total. The lowest BCUT2D eigenvalue weighted by atomic mass is 10.2. The van der Waals surface area contributed by atoms with E-state index in [4.69, 9.17) is 0 Å². The Morgan fingerprint density at radius 1 is 1.39 bits per heavy atom. The van der Waals surface area contributed by atoms with Crippen molar-refractivity contribution in [2.24, 2.45) is 4.99 Å². The van der Waals surface area contributed by atoms with Crippen LogP contribution in [0.2, 0.25) is 0 Å². The molecule has 1 unspecified atom stereocenters. The molecule has 120 valence electrons. The fourth-order valence-corrected chi connectivity index (χ4v) is 2.96. The van der Waals surface area contributed by atoms with Gasteiger partial charge in [-0.15, -0.1) is 0 Å². The topological polar surface area (TPSA) is 107 Å². The predicted molar refractivity (Wildman–Crippen MR) is 89.5 cm³/mol. The zero-order valence-electron chi connectivity index (χ0n) is 12.2. The van der Waals surface area contributed by atoms with Gasteiger partial charge in [0.25, 0.3) is 11.8 Å². The minimum Gasteiger partial charge on any atom is -0.394 e. The van der Waals surface area contributed by atoms with Crippen LogP contribution in [0.15, 0.2) is 35.3 Å². The largest absolute Gasteiger partial charge is 0.394 e. The number of aliphatic hydroxyl groups is 1. The van der Waals surface area contributed by atoms with Gasteiger partial charge < -0.3 is 20.7 Å². The molecular formula is C15H16N4O3S. The summed E-state index contributed by atoms with van der Waals surface area (Å²) in [5.41, 5.74) is 1.17. The Morgan fingerprint density at radius 2 is 2.22 bits per heavy atom. The number of hydrogen-bond acceptors (Lipinski definition) is 5. The highest BCUT2D eigenvalue weighted by molar-refractivity contribution is 8.14. The molecule has 1 aliphatic heterocycles. The number of fused-ring (bicyclic) bond motifs is 1. The first-order valence-electron chi connectivity index (χ1n) is 7.15. The van der Waals surface area contributed by atoms with Gasteiger partial charge in [0, 0.05) is 16.7 Å². The number of aliphatic hydroxyl groups excluding tert-OH is 1. The smallest absolute Gasteiger partial charge is 0.268 e. The van der Waals surface area contributed by atoms with E-state index >= 15 is 0 Å². The standard InChI is InChI=1S/C15H16N4O3S/c20-8-12(14(22)19-15-16-5-6-23-15)18-13(21)11-7-9-3-1-2-4-10(9)17-11/h1-4,7,12,17,20H,5-6,8H2,(H,18,21)(H,16,19,22). The number of carbonyl (C=O) groups excluding carboxylic acids is 2. The van der Waals surface area contributed by atoms with Crippen molar-refractivity contribution in [1.82, 2.24) is 15.6 Å². The van der Waals surface area contributed by atoms with Crippen LogP contribution < -0.4 is 10.6 Å². The average molecular weight is 332 g/mol. The summed E-state index contributed by atoms with van der Waals surface area (Å²) in [5, 5.41) is 15.9. The number of para-hydroxylation sites is 1.